The van der Waals surface area contributed by atoms with Gasteiger partial charge in [-0.25, -0.2) is 13.2 Å². The lowest BCUT2D eigenvalue weighted by molar-refractivity contribution is -0.131. The van der Waals surface area contributed by atoms with E-state index in [-0.39, 0.29) is 17.4 Å². The maximum absolute atomic E-state index is 15.0. The Balaban J connectivity index is 1.89. The van der Waals surface area contributed by atoms with E-state index in [1.54, 1.807) is 34.6 Å². The van der Waals surface area contributed by atoms with Crippen LogP contribution in [-0.2, 0) is 11.2 Å². The van der Waals surface area contributed by atoms with Crippen LogP contribution in [0.5, 0.6) is 0 Å². The van der Waals surface area contributed by atoms with Gasteiger partial charge < -0.3 is 9.21 Å². The SMILES string of the molecule is CCCN(CCC)C(=O)CCCc1cc(F)ccc1C(C)N(Sc1ccc(Cl)cc1)c1cc(F)ccc1F. The van der Waals surface area contributed by atoms with E-state index in [1.807, 2.05) is 25.7 Å². The summed E-state index contributed by atoms with van der Waals surface area (Å²) in [7, 11) is 0. The van der Waals surface area contributed by atoms with Gasteiger partial charge in [0.25, 0.3) is 0 Å². The molecule has 0 N–H and O–H groups in total. The van der Waals surface area contributed by atoms with Gasteiger partial charge >= 0.3 is 0 Å². The number of rotatable bonds is 13. The maximum Gasteiger partial charge on any atom is 0.222 e. The third-order valence-corrected chi connectivity index (χ3v) is 7.69. The lowest BCUT2D eigenvalue weighted by atomic mass is 9.96. The standard InChI is InChI=1S/C30H34ClF3N2OS/c1-4-17-35(18-5-2)30(37)8-6-7-22-19-24(32)11-15-27(22)21(3)36(29-20-25(33)12-16-28(29)34)38-26-13-9-23(31)10-14-26/h9-16,19-21H,4-8,17-18H2,1-3H3. The molecule has 0 aliphatic carbocycles. The van der Waals surface area contributed by atoms with E-state index in [2.05, 4.69) is 0 Å². The predicted octanol–water partition coefficient (Wildman–Crippen LogP) is 9.00. The zero-order valence-corrected chi connectivity index (χ0v) is 23.6. The first-order chi connectivity index (χ1) is 18.2. The van der Waals surface area contributed by atoms with Crippen molar-refractivity contribution < 1.29 is 18.0 Å². The number of hydrogen-bond acceptors (Lipinski definition) is 3. The molecule has 1 amide bonds. The molecule has 0 heterocycles. The normalized spacial score (nSPS) is 11.9. The minimum absolute atomic E-state index is 0.0812. The van der Waals surface area contributed by atoms with Crippen LogP contribution in [0.25, 0.3) is 0 Å². The molecule has 3 nitrogen and oxygen atoms in total. The molecule has 8 heteroatoms. The Morgan fingerprint density at radius 3 is 2.21 bits per heavy atom. The van der Waals surface area contributed by atoms with E-state index >= 15 is 0 Å². The lowest BCUT2D eigenvalue weighted by Gasteiger charge is -2.32. The molecule has 0 bridgehead atoms. The van der Waals surface area contributed by atoms with Crippen LogP contribution in [0.3, 0.4) is 0 Å². The number of nitrogens with zero attached hydrogens (tertiary/aromatic N) is 2. The molecule has 204 valence electrons. The molecule has 3 rings (SSSR count). The molecule has 0 radical (unpaired) electrons. The van der Waals surface area contributed by atoms with Crippen LogP contribution >= 0.6 is 23.5 Å². The fourth-order valence-corrected chi connectivity index (χ4v) is 5.54. The Kier molecular flexibility index (Phi) is 11.4. The van der Waals surface area contributed by atoms with Crippen LogP contribution < -0.4 is 4.31 Å². The largest absolute Gasteiger partial charge is 0.343 e. The first kappa shape index (κ1) is 29.9. The summed E-state index contributed by atoms with van der Waals surface area (Å²) >= 11 is 7.28. The molecule has 0 aromatic heterocycles. The van der Waals surface area contributed by atoms with Crippen LogP contribution in [0.1, 0.15) is 63.6 Å². The summed E-state index contributed by atoms with van der Waals surface area (Å²) in [6, 6.07) is 14.5. The molecular weight excluding hydrogens is 529 g/mol. The van der Waals surface area contributed by atoms with Gasteiger partial charge in [0.2, 0.25) is 5.91 Å². The quantitative estimate of drug-likeness (QED) is 0.194. The number of aryl methyl sites for hydroxylation is 1. The Bertz CT molecular complexity index is 1200. The second kappa shape index (κ2) is 14.5. The number of amides is 1. The third kappa shape index (κ3) is 8.18. The van der Waals surface area contributed by atoms with Gasteiger partial charge in [-0.2, -0.15) is 0 Å². The van der Waals surface area contributed by atoms with Gasteiger partial charge in [0.1, 0.15) is 17.5 Å². The smallest absolute Gasteiger partial charge is 0.222 e. The molecular formula is C30H34ClF3N2OS. The lowest BCUT2D eigenvalue weighted by Crippen LogP contribution is -2.32. The van der Waals surface area contributed by atoms with Crippen molar-refractivity contribution in [1.82, 2.24) is 4.90 Å². The highest BCUT2D eigenvalue weighted by molar-refractivity contribution is 8.00. The van der Waals surface area contributed by atoms with E-state index in [0.29, 0.717) is 24.3 Å². The second-order valence-electron chi connectivity index (χ2n) is 9.22. The Hall–Kier alpha value is -2.64. The summed E-state index contributed by atoms with van der Waals surface area (Å²) < 4.78 is 45.2. The summed E-state index contributed by atoms with van der Waals surface area (Å²) in [6.07, 6.45) is 3.21. The van der Waals surface area contributed by atoms with E-state index in [1.165, 1.54) is 24.1 Å². The number of carbonyl (C=O) groups excluding carboxylic acids is 1. The Morgan fingerprint density at radius 2 is 1.55 bits per heavy atom. The van der Waals surface area contributed by atoms with Gasteiger partial charge in [-0.05, 0) is 104 Å². The molecule has 3 aromatic rings. The number of anilines is 1. The van der Waals surface area contributed by atoms with Crippen molar-refractivity contribution >= 4 is 35.1 Å². The minimum Gasteiger partial charge on any atom is -0.343 e. The van der Waals surface area contributed by atoms with E-state index in [9.17, 15) is 18.0 Å². The topological polar surface area (TPSA) is 23.6 Å². The van der Waals surface area contributed by atoms with Crippen molar-refractivity contribution in [3.05, 3.63) is 94.3 Å². The molecule has 38 heavy (non-hydrogen) atoms. The van der Waals surface area contributed by atoms with Crippen molar-refractivity contribution in [2.24, 2.45) is 0 Å². The molecule has 0 saturated carbocycles. The number of benzene rings is 3. The Morgan fingerprint density at radius 1 is 0.921 bits per heavy atom. The molecule has 0 saturated heterocycles. The van der Waals surface area contributed by atoms with Crippen molar-refractivity contribution in [3.63, 3.8) is 0 Å². The number of hydrogen-bond donors (Lipinski definition) is 0. The van der Waals surface area contributed by atoms with Crippen LogP contribution in [0.2, 0.25) is 5.02 Å². The fraction of sp³-hybridized carbons (Fsp3) is 0.367. The van der Waals surface area contributed by atoms with Gasteiger partial charge in [-0.3, -0.25) is 4.79 Å². The summed E-state index contributed by atoms with van der Waals surface area (Å²) in [6.45, 7) is 7.42. The van der Waals surface area contributed by atoms with Crippen molar-refractivity contribution in [3.8, 4) is 0 Å². The van der Waals surface area contributed by atoms with Crippen LogP contribution in [0.4, 0.5) is 18.9 Å². The molecule has 1 atom stereocenters. The number of halogens is 4. The summed E-state index contributed by atoms with van der Waals surface area (Å²) in [5.41, 5.74) is 1.60. The monoisotopic (exact) mass is 562 g/mol. The van der Waals surface area contributed by atoms with Crippen molar-refractivity contribution in [2.45, 2.75) is 63.8 Å². The van der Waals surface area contributed by atoms with E-state index in [0.717, 1.165) is 60.2 Å². The molecule has 0 spiro atoms. The van der Waals surface area contributed by atoms with Crippen LogP contribution in [-0.4, -0.2) is 23.9 Å². The molecule has 0 aliphatic rings. The molecule has 3 aromatic carbocycles. The zero-order valence-electron chi connectivity index (χ0n) is 22.0. The summed E-state index contributed by atoms with van der Waals surface area (Å²) in [4.78, 5) is 15.4. The van der Waals surface area contributed by atoms with Gasteiger partial charge in [-0.15, -0.1) is 0 Å². The highest BCUT2D eigenvalue weighted by Gasteiger charge is 2.24. The second-order valence-corrected chi connectivity index (χ2v) is 10.7. The molecule has 1 unspecified atom stereocenters. The van der Waals surface area contributed by atoms with Crippen LogP contribution in [0.15, 0.2) is 65.6 Å². The molecule has 0 fully saturated rings. The summed E-state index contributed by atoms with van der Waals surface area (Å²) in [5.74, 6) is -1.41. The number of carbonyl (C=O) groups is 1. The third-order valence-electron chi connectivity index (χ3n) is 6.25. The zero-order chi connectivity index (χ0) is 27.7. The van der Waals surface area contributed by atoms with Crippen molar-refractivity contribution in [1.29, 1.82) is 0 Å². The van der Waals surface area contributed by atoms with Gasteiger partial charge in [-0.1, -0.05) is 31.5 Å². The average Bonchev–Trinajstić information content (AvgIpc) is 2.89. The fourth-order valence-electron chi connectivity index (χ4n) is 4.41. The van der Waals surface area contributed by atoms with Gasteiger partial charge in [0, 0.05) is 35.5 Å². The summed E-state index contributed by atoms with van der Waals surface area (Å²) in [5, 5.41) is 0.567. The molecule has 0 aliphatic heterocycles. The first-order valence-corrected chi connectivity index (χ1v) is 14.1. The maximum atomic E-state index is 15.0. The van der Waals surface area contributed by atoms with E-state index < -0.39 is 17.7 Å². The Labute approximate surface area is 233 Å². The van der Waals surface area contributed by atoms with E-state index in [4.69, 9.17) is 11.6 Å². The van der Waals surface area contributed by atoms with Gasteiger partial charge in [0.15, 0.2) is 0 Å². The van der Waals surface area contributed by atoms with Gasteiger partial charge in [0.05, 0.1) is 11.7 Å². The average molecular weight is 563 g/mol. The van der Waals surface area contributed by atoms with Crippen LogP contribution in [0, 0.1) is 17.5 Å². The first-order valence-electron chi connectivity index (χ1n) is 13.0. The highest BCUT2D eigenvalue weighted by atomic mass is 35.5. The predicted molar refractivity (Wildman–Crippen MR) is 151 cm³/mol. The minimum atomic E-state index is -0.569. The van der Waals surface area contributed by atoms with Crippen molar-refractivity contribution in [2.75, 3.05) is 17.4 Å². The highest BCUT2D eigenvalue weighted by Crippen LogP contribution is 2.40.